The number of rotatable bonds is 8. The highest BCUT2D eigenvalue weighted by molar-refractivity contribution is 5.05. The fourth-order valence-electron chi connectivity index (χ4n) is 3.44. The van der Waals surface area contributed by atoms with E-state index >= 15 is 0 Å². The highest BCUT2D eigenvalue weighted by atomic mass is 16.3. The third-order valence-electron chi connectivity index (χ3n) is 4.78. The van der Waals surface area contributed by atoms with Crippen LogP contribution in [0.1, 0.15) is 45.6 Å². The molecule has 0 aliphatic heterocycles. The molecule has 0 amide bonds. The van der Waals surface area contributed by atoms with Gasteiger partial charge in [0.15, 0.2) is 0 Å². The molecule has 114 valence electrons. The Balaban J connectivity index is 1.86. The maximum absolute atomic E-state index is 9.75. The lowest BCUT2D eigenvalue weighted by Gasteiger charge is -2.48. The molecule has 20 heavy (non-hydrogen) atoms. The van der Waals surface area contributed by atoms with Crippen molar-refractivity contribution in [1.82, 2.24) is 15.1 Å². The summed E-state index contributed by atoms with van der Waals surface area (Å²) in [6.07, 6.45) is 8.66. The summed E-state index contributed by atoms with van der Waals surface area (Å²) < 4.78 is 1.97. The summed E-state index contributed by atoms with van der Waals surface area (Å²) in [4.78, 5) is 0. The molecule has 1 heterocycles. The average Bonchev–Trinajstić information content (AvgIpc) is 2.84. The zero-order chi connectivity index (χ0) is 14.6. The Bertz CT molecular complexity index is 404. The van der Waals surface area contributed by atoms with Gasteiger partial charge in [0, 0.05) is 24.2 Å². The Labute approximate surface area is 122 Å². The van der Waals surface area contributed by atoms with Crippen molar-refractivity contribution in [2.45, 2.75) is 59.0 Å². The molecule has 0 bridgehead atoms. The monoisotopic (exact) mass is 279 g/mol. The summed E-state index contributed by atoms with van der Waals surface area (Å²) in [5.74, 6) is 0.556. The van der Waals surface area contributed by atoms with Crippen LogP contribution in [0.5, 0.6) is 0 Å². The molecule has 0 aromatic carbocycles. The van der Waals surface area contributed by atoms with E-state index in [1.165, 1.54) is 12.0 Å². The molecule has 1 aliphatic carbocycles. The van der Waals surface area contributed by atoms with Crippen molar-refractivity contribution >= 4 is 0 Å². The number of aryl methyl sites for hydroxylation is 1. The number of hydrogen-bond acceptors (Lipinski definition) is 3. The van der Waals surface area contributed by atoms with E-state index in [0.717, 1.165) is 32.4 Å². The summed E-state index contributed by atoms with van der Waals surface area (Å²) >= 11 is 0. The van der Waals surface area contributed by atoms with Gasteiger partial charge in [-0.25, -0.2) is 0 Å². The maximum atomic E-state index is 9.75. The Morgan fingerprint density at radius 3 is 2.65 bits per heavy atom. The molecule has 1 fully saturated rings. The second-order valence-corrected chi connectivity index (χ2v) is 6.50. The number of aliphatic hydroxyl groups excluding tert-OH is 1. The van der Waals surface area contributed by atoms with E-state index < -0.39 is 0 Å². The Kier molecular flexibility index (Phi) is 5.22. The Morgan fingerprint density at radius 1 is 1.45 bits per heavy atom. The van der Waals surface area contributed by atoms with Crippen molar-refractivity contribution in [1.29, 1.82) is 0 Å². The normalized spacial score (nSPS) is 19.1. The molecule has 1 unspecified atom stereocenters. The molecule has 0 radical (unpaired) electrons. The predicted octanol–water partition coefficient (Wildman–Crippen LogP) is 2.22. The summed E-state index contributed by atoms with van der Waals surface area (Å²) in [6, 6.07) is 0.419. The van der Waals surface area contributed by atoms with Gasteiger partial charge in [-0.2, -0.15) is 5.10 Å². The van der Waals surface area contributed by atoms with Gasteiger partial charge in [0.25, 0.3) is 0 Å². The molecule has 4 heteroatoms. The fourth-order valence-corrected chi connectivity index (χ4v) is 3.44. The standard InChI is InChI=1S/C16H29N3O/c1-4-19-11-14(10-18-19)6-9-17-15(13(2)3)16(12-20)7-5-8-16/h10-11,13,15,17,20H,4-9,12H2,1-3H3. The van der Waals surface area contributed by atoms with Gasteiger partial charge in [0.05, 0.1) is 12.8 Å². The molecule has 0 saturated heterocycles. The first-order valence-corrected chi connectivity index (χ1v) is 7.97. The van der Waals surface area contributed by atoms with Crippen molar-refractivity contribution in [3.8, 4) is 0 Å². The fraction of sp³-hybridized carbons (Fsp3) is 0.812. The Hall–Kier alpha value is -0.870. The van der Waals surface area contributed by atoms with Crippen LogP contribution in [0.25, 0.3) is 0 Å². The molecule has 2 rings (SSSR count). The zero-order valence-corrected chi connectivity index (χ0v) is 13.1. The van der Waals surface area contributed by atoms with Gasteiger partial charge in [0.2, 0.25) is 0 Å². The first-order chi connectivity index (χ1) is 9.61. The second kappa shape index (κ2) is 6.72. The minimum absolute atomic E-state index is 0.127. The summed E-state index contributed by atoms with van der Waals surface area (Å²) in [5.41, 5.74) is 1.41. The molecular formula is C16H29N3O. The van der Waals surface area contributed by atoms with Crippen LogP contribution in [0.3, 0.4) is 0 Å². The van der Waals surface area contributed by atoms with Crippen LogP contribution in [0.15, 0.2) is 12.4 Å². The van der Waals surface area contributed by atoms with E-state index in [0.29, 0.717) is 18.6 Å². The third-order valence-corrected chi connectivity index (χ3v) is 4.78. The first kappa shape index (κ1) is 15.5. The van der Waals surface area contributed by atoms with Gasteiger partial charge in [-0.3, -0.25) is 4.68 Å². The van der Waals surface area contributed by atoms with Gasteiger partial charge in [-0.1, -0.05) is 20.3 Å². The van der Waals surface area contributed by atoms with Crippen molar-refractivity contribution in [2.24, 2.45) is 11.3 Å². The zero-order valence-electron chi connectivity index (χ0n) is 13.1. The highest BCUT2D eigenvalue weighted by Gasteiger charge is 2.44. The first-order valence-electron chi connectivity index (χ1n) is 7.97. The largest absolute Gasteiger partial charge is 0.396 e. The smallest absolute Gasteiger partial charge is 0.0522 e. The summed E-state index contributed by atoms with van der Waals surface area (Å²) in [7, 11) is 0. The molecule has 1 aromatic heterocycles. The molecule has 4 nitrogen and oxygen atoms in total. The van der Waals surface area contributed by atoms with E-state index in [1.54, 1.807) is 0 Å². The van der Waals surface area contributed by atoms with E-state index in [9.17, 15) is 5.11 Å². The third kappa shape index (κ3) is 3.23. The lowest BCUT2D eigenvalue weighted by molar-refractivity contribution is -0.00912. The number of aromatic nitrogens is 2. The van der Waals surface area contributed by atoms with Crippen LogP contribution < -0.4 is 5.32 Å². The van der Waals surface area contributed by atoms with Gasteiger partial charge in [0.1, 0.15) is 0 Å². The molecule has 1 saturated carbocycles. The van der Waals surface area contributed by atoms with Crippen molar-refractivity contribution in [3.05, 3.63) is 18.0 Å². The second-order valence-electron chi connectivity index (χ2n) is 6.50. The van der Waals surface area contributed by atoms with E-state index in [-0.39, 0.29) is 5.41 Å². The van der Waals surface area contributed by atoms with Crippen LogP contribution in [-0.2, 0) is 13.0 Å². The summed E-state index contributed by atoms with van der Waals surface area (Å²) in [6.45, 7) is 8.81. The van der Waals surface area contributed by atoms with Gasteiger partial charge < -0.3 is 10.4 Å². The van der Waals surface area contributed by atoms with E-state index in [2.05, 4.69) is 37.4 Å². The van der Waals surface area contributed by atoms with Crippen LogP contribution >= 0.6 is 0 Å². The summed E-state index contributed by atoms with van der Waals surface area (Å²) in [5, 5.41) is 17.8. The lowest BCUT2D eigenvalue weighted by Crippen LogP contribution is -2.54. The molecule has 1 aliphatic rings. The van der Waals surface area contributed by atoms with E-state index in [4.69, 9.17) is 0 Å². The molecule has 0 spiro atoms. The lowest BCUT2D eigenvalue weighted by atomic mass is 9.62. The minimum atomic E-state index is 0.127. The Morgan fingerprint density at radius 2 is 2.20 bits per heavy atom. The number of aliphatic hydroxyl groups is 1. The number of hydrogen-bond donors (Lipinski definition) is 2. The quantitative estimate of drug-likeness (QED) is 0.767. The maximum Gasteiger partial charge on any atom is 0.0522 e. The highest BCUT2D eigenvalue weighted by Crippen LogP contribution is 2.45. The molecule has 2 N–H and O–H groups in total. The van der Waals surface area contributed by atoms with Crippen LogP contribution in [0.2, 0.25) is 0 Å². The molecule has 1 atom stereocenters. The van der Waals surface area contributed by atoms with Crippen molar-refractivity contribution in [3.63, 3.8) is 0 Å². The number of nitrogens with zero attached hydrogens (tertiary/aromatic N) is 2. The van der Waals surface area contributed by atoms with Gasteiger partial charge >= 0.3 is 0 Å². The van der Waals surface area contributed by atoms with Crippen LogP contribution in [-0.4, -0.2) is 34.1 Å². The van der Waals surface area contributed by atoms with Crippen molar-refractivity contribution in [2.75, 3.05) is 13.2 Å². The van der Waals surface area contributed by atoms with Crippen molar-refractivity contribution < 1.29 is 5.11 Å². The number of nitrogens with one attached hydrogen (secondary N) is 1. The average molecular weight is 279 g/mol. The minimum Gasteiger partial charge on any atom is -0.396 e. The molecular weight excluding hydrogens is 250 g/mol. The van der Waals surface area contributed by atoms with E-state index in [1.807, 2.05) is 10.9 Å². The molecule has 1 aromatic rings. The van der Waals surface area contributed by atoms with Gasteiger partial charge in [-0.05, 0) is 44.2 Å². The van der Waals surface area contributed by atoms with Crippen LogP contribution in [0.4, 0.5) is 0 Å². The predicted molar refractivity (Wildman–Crippen MR) is 81.6 cm³/mol. The van der Waals surface area contributed by atoms with Crippen LogP contribution in [0, 0.1) is 11.3 Å². The van der Waals surface area contributed by atoms with Gasteiger partial charge in [-0.15, -0.1) is 0 Å². The SMILES string of the molecule is CCn1cc(CCNC(C(C)C)C2(CO)CCC2)cn1. The topological polar surface area (TPSA) is 50.1 Å².